The fraction of sp³-hybridized carbons (Fsp3) is 0.350. The van der Waals surface area contributed by atoms with Crippen LogP contribution in [0.25, 0.3) is 11.3 Å². The fourth-order valence-electron chi connectivity index (χ4n) is 3.20. The highest BCUT2D eigenvalue weighted by Crippen LogP contribution is 2.35. The molecule has 0 spiro atoms. The summed E-state index contributed by atoms with van der Waals surface area (Å²) in [6, 6.07) is 4.77. The minimum Gasteiger partial charge on any atom is -0.443 e. The number of carbonyl (C=O) groups is 2. The van der Waals surface area contributed by atoms with Crippen LogP contribution in [0.1, 0.15) is 31.1 Å². The minimum absolute atomic E-state index is 0.128. The summed E-state index contributed by atoms with van der Waals surface area (Å²) in [4.78, 5) is 32.1. The number of halogens is 1. The second-order valence-corrected chi connectivity index (χ2v) is 7.63. The third kappa shape index (κ3) is 4.64. The quantitative estimate of drug-likeness (QED) is 0.465. The van der Waals surface area contributed by atoms with Gasteiger partial charge in [-0.15, -0.1) is 0 Å². The molecule has 0 radical (unpaired) electrons. The lowest BCUT2D eigenvalue weighted by atomic mass is 10.1. The topological polar surface area (TPSA) is 134 Å². The Kier molecular flexibility index (Phi) is 6.03. The predicted molar refractivity (Wildman–Crippen MR) is 114 cm³/mol. The number of rotatable bonds is 2. The van der Waals surface area contributed by atoms with Gasteiger partial charge in [-0.1, -0.05) is 23.8 Å². The number of fused-ring (bicyclic) bond motifs is 4. The molecule has 3 heterocycles. The van der Waals surface area contributed by atoms with Crippen molar-refractivity contribution in [3.05, 3.63) is 41.3 Å². The molecule has 4 rings (SSSR count). The Morgan fingerprint density at radius 2 is 2.13 bits per heavy atom. The molecule has 10 heteroatoms. The van der Waals surface area contributed by atoms with E-state index in [4.69, 9.17) is 22.1 Å². The smallest absolute Gasteiger partial charge is 0.411 e. The number of aromatic amines is 1. The van der Waals surface area contributed by atoms with Crippen molar-refractivity contribution >= 4 is 35.0 Å². The van der Waals surface area contributed by atoms with E-state index in [0.717, 1.165) is 0 Å². The molecule has 2 aromatic rings. The second-order valence-electron chi connectivity index (χ2n) is 7.26. The first-order valence-electron chi connectivity index (χ1n) is 9.78. The maximum atomic E-state index is 12.4. The number of amides is 2. The lowest BCUT2D eigenvalue weighted by Gasteiger charge is -2.26. The van der Waals surface area contributed by atoms with Crippen molar-refractivity contribution < 1.29 is 14.3 Å². The van der Waals surface area contributed by atoms with Crippen molar-refractivity contribution in [2.75, 3.05) is 23.7 Å². The van der Waals surface area contributed by atoms with Crippen molar-refractivity contribution in [3.8, 4) is 11.3 Å². The molecule has 9 nitrogen and oxygen atoms in total. The highest BCUT2D eigenvalue weighted by atomic mass is 35.5. The lowest BCUT2D eigenvalue weighted by Crippen LogP contribution is -2.49. The summed E-state index contributed by atoms with van der Waals surface area (Å²) in [5, 5.41) is 8.95. The summed E-state index contributed by atoms with van der Waals surface area (Å²) >= 11 is 6.38. The van der Waals surface area contributed by atoms with Crippen LogP contribution >= 0.6 is 11.6 Å². The normalized spacial score (nSPS) is 20.5. The molecule has 1 saturated heterocycles. The Labute approximate surface area is 178 Å². The van der Waals surface area contributed by atoms with E-state index in [1.165, 1.54) is 0 Å². The SMILES string of the molecule is N[C@H]1C/C=C\CCC(=O)Nc2cc(NC(=O)OC3CNC3)ccc2-c2nc1[nH]c2Cl. The van der Waals surface area contributed by atoms with Gasteiger partial charge in [0.05, 0.1) is 11.7 Å². The summed E-state index contributed by atoms with van der Waals surface area (Å²) in [5.41, 5.74) is 8.28. The molecular weight excluding hydrogens is 408 g/mol. The van der Waals surface area contributed by atoms with Gasteiger partial charge in [0.2, 0.25) is 5.91 Å². The van der Waals surface area contributed by atoms with Crippen LogP contribution in [0.5, 0.6) is 0 Å². The molecule has 1 aromatic heterocycles. The number of nitrogens with zero attached hydrogens (tertiary/aromatic N) is 1. The fourth-order valence-corrected chi connectivity index (χ4v) is 3.44. The zero-order chi connectivity index (χ0) is 21.1. The lowest BCUT2D eigenvalue weighted by molar-refractivity contribution is -0.116. The molecule has 1 atom stereocenters. The molecule has 2 amide bonds. The summed E-state index contributed by atoms with van der Waals surface area (Å²) in [5.74, 6) is 0.410. The van der Waals surface area contributed by atoms with Crippen LogP contribution in [0.15, 0.2) is 30.4 Å². The average Bonchev–Trinajstić information content (AvgIpc) is 3.06. The molecule has 158 valence electrons. The van der Waals surface area contributed by atoms with Gasteiger partial charge in [-0.3, -0.25) is 10.1 Å². The van der Waals surface area contributed by atoms with Crippen LogP contribution in [-0.2, 0) is 9.53 Å². The number of aromatic nitrogens is 2. The number of hydrogen-bond acceptors (Lipinski definition) is 6. The molecule has 0 unspecified atom stereocenters. The molecule has 2 aliphatic heterocycles. The summed E-state index contributed by atoms with van der Waals surface area (Å²) in [6.45, 7) is 1.29. The number of nitrogens with two attached hydrogens (primary N) is 1. The summed E-state index contributed by atoms with van der Waals surface area (Å²) < 4.78 is 5.28. The van der Waals surface area contributed by atoms with Crippen LogP contribution in [0.2, 0.25) is 5.15 Å². The molecule has 6 N–H and O–H groups in total. The number of nitrogens with one attached hydrogen (secondary N) is 4. The highest BCUT2D eigenvalue weighted by Gasteiger charge is 2.22. The maximum absolute atomic E-state index is 12.4. The van der Waals surface area contributed by atoms with Crippen molar-refractivity contribution in [1.82, 2.24) is 15.3 Å². The van der Waals surface area contributed by atoms with E-state index >= 15 is 0 Å². The van der Waals surface area contributed by atoms with Crippen LogP contribution in [-0.4, -0.2) is 41.2 Å². The summed E-state index contributed by atoms with van der Waals surface area (Å²) in [7, 11) is 0. The Morgan fingerprint density at radius 3 is 2.90 bits per heavy atom. The van der Waals surface area contributed by atoms with Gasteiger partial charge >= 0.3 is 6.09 Å². The predicted octanol–water partition coefficient (Wildman–Crippen LogP) is 2.93. The van der Waals surface area contributed by atoms with Crippen LogP contribution in [0.3, 0.4) is 0 Å². The van der Waals surface area contributed by atoms with Crippen molar-refractivity contribution in [3.63, 3.8) is 0 Å². The van der Waals surface area contributed by atoms with Crippen molar-refractivity contribution in [2.45, 2.75) is 31.4 Å². The molecule has 2 bridgehead atoms. The second kappa shape index (κ2) is 8.86. The largest absolute Gasteiger partial charge is 0.443 e. The number of H-pyrrole nitrogens is 1. The van der Waals surface area contributed by atoms with E-state index in [1.54, 1.807) is 18.2 Å². The van der Waals surface area contributed by atoms with Gasteiger partial charge in [-0.05, 0) is 31.0 Å². The Balaban J connectivity index is 1.65. The van der Waals surface area contributed by atoms with Gasteiger partial charge < -0.3 is 26.1 Å². The monoisotopic (exact) mass is 430 g/mol. The van der Waals surface area contributed by atoms with Gasteiger partial charge in [0, 0.05) is 30.8 Å². The number of allylic oxidation sites excluding steroid dienone is 1. The third-order valence-electron chi connectivity index (χ3n) is 4.94. The molecular formula is C20H23ClN6O3. The highest BCUT2D eigenvalue weighted by molar-refractivity contribution is 6.32. The van der Waals surface area contributed by atoms with E-state index in [-0.39, 0.29) is 18.1 Å². The number of imidazole rings is 1. The van der Waals surface area contributed by atoms with Gasteiger partial charge in [0.1, 0.15) is 22.8 Å². The van der Waals surface area contributed by atoms with Gasteiger partial charge in [0.15, 0.2) is 0 Å². The van der Waals surface area contributed by atoms with Crippen molar-refractivity contribution in [2.24, 2.45) is 5.73 Å². The van der Waals surface area contributed by atoms with E-state index in [1.807, 2.05) is 12.2 Å². The zero-order valence-corrected chi connectivity index (χ0v) is 17.0. The number of benzene rings is 1. The van der Waals surface area contributed by atoms with Crippen LogP contribution < -0.4 is 21.7 Å². The molecule has 2 aliphatic rings. The Morgan fingerprint density at radius 1 is 1.30 bits per heavy atom. The average molecular weight is 431 g/mol. The van der Waals surface area contributed by atoms with Gasteiger partial charge in [-0.2, -0.15) is 0 Å². The van der Waals surface area contributed by atoms with Gasteiger partial charge in [-0.25, -0.2) is 9.78 Å². The molecule has 1 aromatic carbocycles. The van der Waals surface area contributed by atoms with Crippen LogP contribution in [0.4, 0.5) is 16.2 Å². The number of hydrogen-bond donors (Lipinski definition) is 5. The number of carbonyl (C=O) groups excluding carboxylic acids is 2. The molecule has 0 saturated carbocycles. The molecule has 1 fully saturated rings. The molecule has 0 aliphatic carbocycles. The van der Waals surface area contributed by atoms with Gasteiger partial charge in [0.25, 0.3) is 0 Å². The van der Waals surface area contributed by atoms with E-state index in [9.17, 15) is 9.59 Å². The van der Waals surface area contributed by atoms with E-state index < -0.39 is 6.09 Å². The van der Waals surface area contributed by atoms with Crippen molar-refractivity contribution in [1.29, 1.82) is 0 Å². The number of anilines is 2. The number of ether oxygens (including phenoxy) is 1. The Hall–Kier alpha value is -2.88. The van der Waals surface area contributed by atoms with E-state index in [0.29, 0.717) is 66.0 Å². The van der Waals surface area contributed by atoms with E-state index in [2.05, 4.69) is 25.9 Å². The Bertz CT molecular complexity index is 985. The summed E-state index contributed by atoms with van der Waals surface area (Å²) in [6.07, 6.45) is 4.68. The standard InChI is InChI=1S/C20H23ClN6O3/c21-18-17-13-7-6-11(24-20(29)30-12-9-23-10-12)8-15(13)25-16(28)5-3-1-2-4-14(22)19(26-17)27-18/h1-2,6-8,12,14,23H,3-5,9-10,22H2,(H,24,29)(H,25,28)(H,26,27)/b2-1-/t14-/m0/s1. The van der Waals surface area contributed by atoms with Crippen LogP contribution in [0, 0.1) is 0 Å². The first-order chi connectivity index (χ1) is 14.5. The maximum Gasteiger partial charge on any atom is 0.411 e. The first-order valence-corrected chi connectivity index (χ1v) is 10.2. The third-order valence-corrected chi connectivity index (χ3v) is 5.21. The zero-order valence-electron chi connectivity index (χ0n) is 16.2. The first kappa shape index (κ1) is 20.4. The molecule has 30 heavy (non-hydrogen) atoms. The minimum atomic E-state index is -0.548.